The number of nitrogens with one attached hydrogen (secondary N) is 1. The van der Waals surface area contributed by atoms with Crippen molar-refractivity contribution in [2.24, 2.45) is 0 Å². The quantitative estimate of drug-likeness (QED) is 0.691. The van der Waals surface area contributed by atoms with Crippen LogP contribution in [0.15, 0.2) is 42.5 Å². The summed E-state index contributed by atoms with van der Waals surface area (Å²) in [6.07, 6.45) is -0.395. The lowest BCUT2D eigenvalue weighted by Gasteiger charge is -2.35. The van der Waals surface area contributed by atoms with Crippen LogP contribution in [0, 0.1) is 0 Å². The van der Waals surface area contributed by atoms with E-state index in [0.717, 1.165) is 11.1 Å². The van der Waals surface area contributed by atoms with Crippen molar-refractivity contribution in [2.75, 3.05) is 27.4 Å². The number of imide groups is 1. The topological polar surface area (TPSA) is 91.3 Å². The van der Waals surface area contributed by atoms with Crippen LogP contribution in [0.2, 0.25) is 0 Å². The normalized spacial score (nSPS) is 23.5. The van der Waals surface area contributed by atoms with Crippen LogP contribution in [0.4, 0.5) is 4.79 Å². The third-order valence-corrected chi connectivity index (χ3v) is 6.17. The molecule has 2 aromatic carbocycles. The van der Waals surface area contributed by atoms with Crippen molar-refractivity contribution in [2.45, 2.75) is 31.5 Å². The average molecular weight is 425 g/mol. The molecule has 0 aliphatic carbocycles. The zero-order valence-corrected chi connectivity index (χ0v) is 17.9. The number of fused-ring (bicyclic) bond motifs is 1. The fourth-order valence-corrected chi connectivity index (χ4v) is 4.57. The summed E-state index contributed by atoms with van der Waals surface area (Å²) in [4.78, 5) is 29.3. The van der Waals surface area contributed by atoms with E-state index in [1.807, 2.05) is 42.2 Å². The van der Waals surface area contributed by atoms with Crippen LogP contribution in [0.3, 0.4) is 0 Å². The minimum atomic E-state index is -1.08. The van der Waals surface area contributed by atoms with Gasteiger partial charge >= 0.3 is 6.03 Å². The van der Waals surface area contributed by atoms with E-state index in [4.69, 9.17) is 9.47 Å². The molecule has 2 aliphatic rings. The number of benzene rings is 2. The molecule has 1 saturated heterocycles. The van der Waals surface area contributed by atoms with Gasteiger partial charge in [0.15, 0.2) is 0 Å². The smallest absolute Gasteiger partial charge is 0.326 e. The van der Waals surface area contributed by atoms with E-state index >= 15 is 0 Å². The number of nitrogens with zero attached hydrogens (tertiary/aromatic N) is 2. The summed E-state index contributed by atoms with van der Waals surface area (Å²) in [5.74, 6) is 0.931. The number of aliphatic hydroxyl groups is 1. The first-order valence-electron chi connectivity index (χ1n) is 10.3. The Morgan fingerprint density at radius 2 is 1.77 bits per heavy atom. The number of aliphatic hydroxyl groups excluding tert-OH is 1. The van der Waals surface area contributed by atoms with Gasteiger partial charge in [-0.3, -0.25) is 9.69 Å². The fourth-order valence-electron chi connectivity index (χ4n) is 4.57. The van der Waals surface area contributed by atoms with Gasteiger partial charge in [0.05, 0.1) is 27.0 Å². The lowest BCUT2D eigenvalue weighted by molar-refractivity contribution is -0.133. The van der Waals surface area contributed by atoms with E-state index < -0.39 is 17.7 Å². The van der Waals surface area contributed by atoms with Gasteiger partial charge in [0.25, 0.3) is 5.91 Å². The Hall–Kier alpha value is -3.10. The largest absolute Gasteiger partial charge is 0.496 e. The number of ether oxygens (including phenoxy) is 2. The fraction of sp³-hybridized carbons (Fsp3) is 0.391. The van der Waals surface area contributed by atoms with E-state index in [2.05, 4.69) is 5.32 Å². The molecule has 2 N–H and O–H groups in total. The minimum Gasteiger partial charge on any atom is -0.496 e. The maximum atomic E-state index is 13.4. The Bertz CT molecular complexity index is 996. The highest BCUT2D eigenvalue weighted by atomic mass is 16.5. The van der Waals surface area contributed by atoms with Crippen molar-refractivity contribution in [3.63, 3.8) is 0 Å². The summed E-state index contributed by atoms with van der Waals surface area (Å²) in [5.41, 5.74) is 1.15. The number of hydrogen-bond donors (Lipinski definition) is 2. The predicted molar refractivity (Wildman–Crippen MR) is 114 cm³/mol. The van der Waals surface area contributed by atoms with Gasteiger partial charge in [-0.05, 0) is 24.1 Å². The summed E-state index contributed by atoms with van der Waals surface area (Å²) in [6.45, 7) is 2.62. The lowest BCUT2D eigenvalue weighted by atomic mass is 9.87. The number of amides is 3. The number of carbonyl (C=O) groups is 2. The highest BCUT2D eigenvalue weighted by Gasteiger charge is 2.51. The zero-order chi connectivity index (χ0) is 22.2. The van der Waals surface area contributed by atoms with Crippen LogP contribution in [-0.4, -0.2) is 54.3 Å². The van der Waals surface area contributed by atoms with Crippen LogP contribution in [-0.2, 0) is 16.9 Å². The SMILES string of the molecule is CC[C@]1(c2ccccc2)NC(=O)N(CN2Cc3c(OC)ccc(OC)c3[C@@H](O)C2)C1=O. The van der Waals surface area contributed by atoms with Crippen molar-refractivity contribution in [3.8, 4) is 11.5 Å². The monoisotopic (exact) mass is 425 g/mol. The van der Waals surface area contributed by atoms with Gasteiger partial charge in [0, 0.05) is 24.2 Å². The van der Waals surface area contributed by atoms with Crippen LogP contribution in [0.5, 0.6) is 11.5 Å². The third kappa shape index (κ3) is 3.41. The molecule has 2 aliphatic heterocycles. The molecule has 3 amide bonds. The molecule has 8 heteroatoms. The summed E-state index contributed by atoms with van der Waals surface area (Å²) in [6, 6.07) is 12.4. The first-order chi connectivity index (χ1) is 14.9. The van der Waals surface area contributed by atoms with Crippen molar-refractivity contribution >= 4 is 11.9 Å². The molecule has 2 heterocycles. The summed E-state index contributed by atoms with van der Waals surface area (Å²) >= 11 is 0. The van der Waals surface area contributed by atoms with Crippen molar-refractivity contribution < 1.29 is 24.2 Å². The molecule has 8 nitrogen and oxygen atoms in total. The molecule has 0 radical (unpaired) electrons. The van der Waals surface area contributed by atoms with Crippen molar-refractivity contribution in [3.05, 3.63) is 59.2 Å². The second-order valence-electron chi connectivity index (χ2n) is 7.82. The Kier molecular flexibility index (Phi) is 5.60. The van der Waals surface area contributed by atoms with E-state index in [0.29, 0.717) is 30.0 Å². The van der Waals surface area contributed by atoms with Crippen LogP contribution in [0.25, 0.3) is 0 Å². The van der Waals surface area contributed by atoms with Crippen LogP contribution in [0.1, 0.15) is 36.1 Å². The maximum Gasteiger partial charge on any atom is 0.326 e. The van der Waals surface area contributed by atoms with E-state index in [1.54, 1.807) is 26.4 Å². The number of β-amino-alcohol motifs (C(OH)–C–C–N with tert-alkyl or cyclic N) is 1. The number of hydrogen-bond acceptors (Lipinski definition) is 6. The molecular formula is C23H27N3O5. The van der Waals surface area contributed by atoms with Gasteiger partial charge in [-0.25, -0.2) is 9.69 Å². The van der Waals surface area contributed by atoms with E-state index in [9.17, 15) is 14.7 Å². The second-order valence-corrected chi connectivity index (χ2v) is 7.82. The minimum absolute atomic E-state index is 0.0656. The second kappa shape index (κ2) is 8.20. The summed E-state index contributed by atoms with van der Waals surface area (Å²) < 4.78 is 10.9. The molecule has 0 bridgehead atoms. The Balaban J connectivity index is 1.61. The first-order valence-corrected chi connectivity index (χ1v) is 10.3. The molecule has 164 valence electrons. The molecule has 0 aromatic heterocycles. The van der Waals surface area contributed by atoms with E-state index in [-0.39, 0.29) is 19.1 Å². The average Bonchev–Trinajstić information content (AvgIpc) is 3.04. The molecule has 2 atom stereocenters. The van der Waals surface area contributed by atoms with Gasteiger partial charge < -0.3 is 19.9 Å². The Labute approximate surface area is 181 Å². The Morgan fingerprint density at radius 3 is 2.42 bits per heavy atom. The van der Waals surface area contributed by atoms with Gasteiger partial charge in [0.1, 0.15) is 17.0 Å². The van der Waals surface area contributed by atoms with Crippen molar-refractivity contribution in [1.82, 2.24) is 15.1 Å². The molecule has 1 fully saturated rings. The first kappa shape index (κ1) is 21.1. The number of urea groups is 1. The maximum absolute atomic E-state index is 13.4. The molecule has 0 saturated carbocycles. The number of rotatable bonds is 6. The van der Waals surface area contributed by atoms with Gasteiger partial charge in [-0.15, -0.1) is 0 Å². The predicted octanol–water partition coefficient (Wildman–Crippen LogP) is 2.37. The summed E-state index contributed by atoms with van der Waals surface area (Å²) in [7, 11) is 3.13. The van der Waals surface area contributed by atoms with Gasteiger partial charge in [-0.1, -0.05) is 37.3 Å². The lowest BCUT2D eigenvalue weighted by Crippen LogP contribution is -2.46. The standard InChI is InChI=1S/C23H27N3O5/c1-4-23(15-8-6-5-7-9-15)21(28)26(22(29)24-23)14-25-12-16-18(30-2)10-11-19(31-3)20(16)17(27)13-25/h5-11,17,27H,4,12-14H2,1-3H3,(H,24,29)/t17-,23+/m0/s1. The van der Waals surface area contributed by atoms with Crippen LogP contribution >= 0.6 is 0 Å². The number of methoxy groups -OCH3 is 2. The highest BCUT2D eigenvalue weighted by molar-refractivity contribution is 6.07. The molecule has 0 unspecified atom stereocenters. The van der Waals surface area contributed by atoms with Gasteiger partial charge in [-0.2, -0.15) is 0 Å². The van der Waals surface area contributed by atoms with Crippen molar-refractivity contribution in [1.29, 1.82) is 0 Å². The molecular weight excluding hydrogens is 398 g/mol. The third-order valence-electron chi connectivity index (χ3n) is 6.17. The summed E-state index contributed by atoms with van der Waals surface area (Å²) in [5, 5.41) is 13.7. The highest BCUT2D eigenvalue weighted by Crippen LogP contribution is 2.40. The van der Waals surface area contributed by atoms with Crippen LogP contribution < -0.4 is 14.8 Å². The Morgan fingerprint density at radius 1 is 1.10 bits per heavy atom. The zero-order valence-electron chi connectivity index (χ0n) is 17.9. The molecule has 0 spiro atoms. The van der Waals surface area contributed by atoms with Gasteiger partial charge in [0.2, 0.25) is 0 Å². The molecule has 4 rings (SSSR count). The molecule has 2 aromatic rings. The molecule has 31 heavy (non-hydrogen) atoms. The van der Waals surface area contributed by atoms with E-state index in [1.165, 1.54) is 4.90 Å². The number of carbonyl (C=O) groups excluding carboxylic acids is 2.